The van der Waals surface area contributed by atoms with Gasteiger partial charge in [-0.15, -0.1) is 0 Å². The molecule has 1 aromatic carbocycles. The Hall–Kier alpha value is -2.59. The van der Waals surface area contributed by atoms with Crippen LogP contribution in [0, 0.1) is 5.82 Å². The van der Waals surface area contributed by atoms with Crippen molar-refractivity contribution in [2.24, 2.45) is 0 Å². The van der Waals surface area contributed by atoms with Crippen LogP contribution in [-0.2, 0) is 33.5 Å². The first-order valence-electron chi connectivity index (χ1n) is 7.94. The van der Waals surface area contributed by atoms with Gasteiger partial charge in [-0.3, -0.25) is 27.7 Å². The summed E-state index contributed by atoms with van der Waals surface area (Å²) >= 11 is 5.92. The summed E-state index contributed by atoms with van der Waals surface area (Å²) in [6.45, 7) is -1.08. The molecule has 1 unspecified atom stereocenters. The summed E-state index contributed by atoms with van der Waals surface area (Å²) in [5.74, 6) is -2.78. The number of halogens is 2. The number of Topliss-reactive ketones (excluding diaryl/α,β-unsaturated/α-hetero) is 1. The minimum atomic E-state index is -1.37. The van der Waals surface area contributed by atoms with Gasteiger partial charge in [0.15, 0.2) is 0 Å². The number of carboxylic acid groups (broad SMARTS) is 1. The van der Waals surface area contributed by atoms with Gasteiger partial charge < -0.3 is 5.11 Å². The topological polar surface area (TPSA) is 115 Å². The second-order valence-electron chi connectivity index (χ2n) is 5.91. The fourth-order valence-electron chi connectivity index (χ4n) is 2.54. The number of hydrogen-bond donors (Lipinski definition) is 1. The molecular formula is C17H16ClFN2O6S. The van der Waals surface area contributed by atoms with E-state index >= 15 is 0 Å². The van der Waals surface area contributed by atoms with Crippen molar-refractivity contribution in [2.45, 2.75) is 19.5 Å². The van der Waals surface area contributed by atoms with Gasteiger partial charge in [0, 0.05) is 41.8 Å². The predicted octanol–water partition coefficient (Wildman–Crippen LogP) is 0.892. The molecule has 0 bridgehead atoms. The lowest BCUT2D eigenvalue weighted by Crippen LogP contribution is -2.41. The number of carboxylic acids is 1. The van der Waals surface area contributed by atoms with Crippen molar-refractivity contribution in [3.05, 3.63) is 56.1 Å². The lowest BCUT2D eigenvalue weighted by atomic mass is 10.1. The zero-order valence-electron chi connectivity index (χ0n) is 14.7. The third kappa shape index (κ3) is 5.02. The number of aliphatic carboxylic acids is 1. The molecule has 150 valence electrons. The van der Waals surface area contributed by atoms with Crippen LogP contribution in [0.1, 0.15) is 6.42 Å². The Morgan fingerprint density at radius 3 is 2.54 bits per heavy atom. The number of rotatable bonds is 8. The number of carbonyl (C=O) groups excluding carboxylic acids is 1. The highest BCUT2D eigenvalue weighted by molar-refractivity contribution is 7.85. The number of benzene rings is 1. The number of aromatic nitrogens is 2. The average molecular weight is 431 g/mol. The molecule has 0 spiro atoms. The van der Waals surface area contributed by atoms with Gasteiger partial charge in [-0.1, -0.05) is 23.7 Å². The molecule has 1 heterocycles. The molecule has 1 aromatic heterocycles. The fraction of sp³-hybridized carbons (Fsp3) is 0.294. The first-order chi connectivity index (χ1) is 13.1. The van der Waals surface area contributed by atoms with E-state index in [9.17, 15) is 27.8 Å². The van der Waals surface area contributed by atoms with Gasteiger partial charge in [0.1, 0.15) is 18.1 Å². The molecule has 0 saturated heterocycles. The van der Waals surface area contributed by atoms with Crippen molar-refractivity contribution >= 4 is 34.2 Å². The number of hydrogen-bond acceptors (Lipinski definition) is 5. The molecule has 1 N–H and O–H groups in total. The molecule has 8 nitrogen and oxygen atoms in total. The Morgan fingerprint density at radius 1 is 1.25 bits per heavy atom. The minimum absolute atomic E-state index is 0.0134. The molecule has 0 fully saturated rings. The van der Waals surface area contributed by atoms with Gasteiger partial charge in [-0.05, 0) is 6.07 Å². The highest BCUT2D eigenvalue weighted by Crippen LogP contribution is 2.27. The van der Waals surface area contributed by atoms with Crippen molar-refractivity contribution in [3.8, 4) is 11.1 Å². The van der Waals surface area contributed by atoms with E-state index in [1.807, 2.05) is 0 Å². The monoisotopic (exact) mass is 430 g/mol. The van der Waals surface area contributed by atoms with Gasteiger partial charge in [0.2, 0.25) is 0 Å². The average Bonchev–Trinajstić information content (AvgIpc) is 2.59. The predicted molar refractivity (Wildman–Crippen MR) is 102 cm³/mol. The summed E-state index contributed by atoms with van der Waals surface area (Å²) in [4.78, 5) is 48.1. The Balaban J connectivity index is 2.60. The molecule has 0 radical (unpaired) electrons. The first kappa shape index (κ1) is 21.7. The molecule has 11 heteroatoms. The number of ketones is 1. The molecular weight excluding hydrogens is 415 g/mol. The van der Waals surface area contributed by atoms with Crippen molar-refractivity contribution in [3.63, 3.8) is 0 Å². The van der Waals surface area contributed by atoms with Crippen molar-refractivity contribution in [2.75, 3.05) is 12.0 Å². The summed E-state index contributed by atoms with van der Waals surface area (Å²) in [5.41, 5.74) is -1.98. The Morgan fingerprint density at radius 2 is 1.93 bits per heavy atom. The van der Waals surface area contributed by atoms with Crippen LogP contribution in [-0.4, -0.2) is 42.2 Å². The van der Waals surface area contributed by atoms with E-state index in [2.05, 4.69) is 0 Å². The zero-order valence-corrected chi connectivity index (χ0v) is 16.3. The zero-order chi connectivity index (χ0) is 21.0. The highest BCUT2D eigenvalue weighted by Gasteiger charge is 2.18. The normalized spacial score (nSPS) is 12.0. The van der Waals surface area contributed by atoms with Crippen LogP contribution in [0.15, 0.2) is 34.0 Å². The summed E-state index contributed by atoms with van der Waals surface area (Å²) in [6, 6.07) is 3.75. The second kappa shape index (κ2) is 9.07. The minimum Gasteiger partial charge on any atom is -0.480 e. The van der Waals surface area contributed by atoms with E-state index in [1.165, 1.54) is 18.4 Å². The number of nitrogens with zero attached hydrogens (tertiary/aromatic N) is 2. The first-order valence-corrected chi connectivity index (χ1v) is 10.0. The van der Waals surface area contributed by atoms with E-state index in [1.54, 1.807) is 0 Å². The van der Waals surface area contributed by atoms with Crippen molar-refractivity contribution in [1.82, 2.24) is 9.13 Å². The third-order valence-corrected chi connectivity index (χ3v) is 4.88. The summed E-state index contributed by atoms with van der Waals surface area (Å²) in [5, 5.41) is 8.65. The van der Waals surface area contributed by atoms with E-state index in [0.717, 1.165) is 16.8 Å². The maximum Gasteiger partial charge on any atom is 0.331 e. The maximum absolute atomic E-state index is 13.8. The SMILES string of the molecule is CS(=O)CC(=O)CCn1c(=O)c(-c2cccc(F)c2Cl)cn(CC(=O)O)c1=O. The third-order valence-electron chi connectivity index (χ3n) is 3.76. The second-order valence-corrected chi connectivity index (χ2v) is 7.72. The van der Waals surface area contributed by atoms with Crippen LogP contribution in [0.25, 0.3) is 11.1 Å². The van der Waals surface area contributed by atoms with Crippen LogP contribution in [0.5, 0.6) is 0 Å². The molecule has 0 aliphatic carbocycles. The Kier molecular flexibility index (Phi) is 7.03. The molecule has 0 amide bonds. The van der Waals surface area contributed by atoms with Gasteiger partial charge >= 0.3 is 11.7 Å². The van der Waals surface area contributed by atoms with E-state index in [4.69, 9.17) is 16.7 Å². The molecule has 28 heavy (non-hydrogen) atoms. The lowest BCUT2D eigenvalue weighted by molar-refractivity contribution is -0.137. The van der Waals surface area contributed by atoms with Crippen LogP contribution in [0.4, 0.5) is 4.39 Å². The molecule has 0 saturated carbocycles. The van der Waals surface area contributed by atoms with E-state index in [0.29, 0.717) is 4.57 Å². The lowest BCUT2D eigenvalue weighted by Gasteiger charge is -2.13. The highest BCUT2D eigenvalue weighted by atomic mass is 35.5. The van der Waals surface area contributed by atoms with Gasteiger partial charge in [0.25, 0.3) is 5.56 Å². The van der Waals surface area contributed by atoms with Gasteiger partial charge in [-0.2, -0.15) is 0 Å². The smallest absolute Gasteiger partial charge is 0.331 e. The molecule has 2 rings (SSSR count). The van der Waals surface area contributed by atoms with E-state index < -0.39 is 46.2 Å². The molecule has 2 aromatic rings. The summed E-state index contributed by atoms with van der Waals surface area (Å²) in [6.07, 6.45) is 2.09. The fourth-order valence-corrected chi connectivity index (χ4v) is 3.37. The largest absolute Gasteiger partial charge is 0.480 e. The van der Waals surface area contributed by atoms with Crippen LogP contribution in [0.3, 0.4) is 0 Å². The Labute approximate surface area is 165 Å². The van der Waals surface area contributed by atoms with Crippen molar-refractivity contribution < 1.29 is 23.3 Å². The van der Waals surface area contributed by atoms with Crippen LogP contribution >= 0.6 is 11.6 Å². The standard InChI is InChI=1S/C17H16ClFN2O6S/c1-28(27)9-10(22)5-6-21-16(25)12(7-20(17(21)26)8-14(23)24)11-3-2-4-13(19)15(11)18/h2-4,7H,5-6,8-9H2,1H3,(H,23,24). The van der Waals surface area contributed by atoms with E-state index in [-0.39, 0.29) is 34.9 Å². The van der Waals surface area contributed by atoms with Gasteiger partial charge in [0.05, 0.1) is 16.3 Å². The number of carbonyl (C=O) groups is 2. The molecule has 0 aliphatic rings. The summed E-state index contributed by atoms with van der Waals surface area (Å²) in [7, 11) is -1.37. The van der Waals surface area contributed by atoms with Crippen molar-refractivity contribution in [1.29, 1.82) is 0 Å². The molecule has 0 aliphatic heterocycles. The Bertz CT molecular complexity index is 1080. The maximum atomic E-state index is 13.8. The van der Waals surface area contributed by atoms with Crippen LogP contribution < -0.4 is 11.2 Å². The van der Waals surface area contributed by atoms with Crippen LogP contribution in [0.2, 0.25) is 5.02 Å². The van der Waals surface area contributed by atoms with Gasteiger partial charge in [-0.25, -0.2) is 9.18 Å². The molecule has 1 atom stereocenters. The quantitative estimate of drug-likeness (QED) is 0.665. The summed E-state index contributed by atoms with van der Waals surface area (Å²) < 4.78 is 26.4.